The Morgan fingerprint density at radius 2 is 1.91 bits per heavy atom. The third kappa shape index (κ3) is 2.28. The Hall–Kier alpha value is -2.41. The zero-order chi connectivity index (χ0) is 16.2. The molecule has 0 bridgehead atoms. The van der Waals surface area contributed by atoms with Gasteiger partial charge in [0, 0.05) is 16.8 Å². The molecule has 0 saturated heterocycles. The van der Waals surface area contributed by atoms with Gasteiger partial charge in [-0.1, -0.05) is 0 Å². The number of fused-ring (bicyclic) bond motifs is 2. The van der Waals surface area contributed by atoms with Crippen molar-refractivity contribution in [3.05, 3.63) is 53.3 Å². The van der Waals surface area contributed by atoms with Crippen LogP contribution in [-0.4, -0.2) is 14.5 Å². The molecule has 3 aromatic heterocycles. The van der Waals surface area contributed by atoms with Crippen molar-refractivity contribution in [2.45, 2.75) is 13.1 Å². The van der Waals surface area contributed by atoms with Crippen LogP contribution in [0.2, 0.25) is 0 Å². The normalized spacial score (nSPS) is 12.3. The number of aryl methyl sites for hydroxylation is 1. The van der Waals surface area contributed by atoms with E-state index in [9.17, 15) is 13.2 Å². The van der Waals surface area contributed by atoms with Gasteiger partial charge in [0.05, 0.1) is 15.7 Å². The molecule has 0 fully saturated rings. The van der Waals surface area contributed by atoms with E-state index in [0.717, 1.165) is 27.7 Å². The average Bonchev–Trinajstić information content (AvgIpc) is 3.07. The van der Waals surface area contributed by atoms with E-state index in [0.29, 0.717) is 11.0 Å². The Kier molecular flexibility index (Phi) is 2.96. The van der Waals surface area contributed by atoms with Crippen LogP contribution in [-0.2, 0) is 6.18 Å². The summed E-state index contributed by atoms with van der Waals surface area (Å²) in [4.78, 5) is 8.05. The van der Waals surface area contributed by atoms with Gasteiger partial charge in [0.25, 0.3) is 0 Å². The largest absolute Gasteiger partial charge is 0.433 e. The molecule has 0 aliphatic heterocycles. The molecule has 0 aliphatic carbocycles. The number of hydrogen-bond acceptors (Lipinski definition) is 3. The van der Waals surface area contributed by atoms with E-state index in [4.69, 9.17) is 0 Å². The molecule has 23 heavy (non-hydrogen) atoms. The quantitative estimate of drug-likeness (QED) is 0.493. The van der Waals surface area contributed by atoms with Crippen molar-refractivity contribution in [1.29, 1.82) is 0 Å². The molecule has 0 saturated carbocycles. The third-order valence-electron chi connectivity index (χ3n) is 3.70. The van der Waals surface area contributed by atoms with E-state index in [1.54, 1.807) is 10.1 Å². The molecule has 4 aromatic rings. The van der Waals surface area contributed by atoms with Gasteiger partial charge >= 0.3 is 6.18 Å². The zero-order valence-corrected chi connectivity index (χ0v) is 12.7. The second kappa shape index (κ2) is 4.79. The molecule has 0 N–H and O–H groups in total. The maximum Gasteiger partial charge on any atom is 0.433 e. The van der Waals surface area contributed by atoms with Gasteiger partial charge in [-0.05, 0) is 43.3 Å². The van der Waals surface area contributed by atoms with Gasteiger partial charge < -0.3 is 0 Å². The van der Waals surface area contributed by atoms with E-state index in [1.165, 1.54) is 17.4 Å². The number of benzene rings is 1. The Morgan fingerprint density at radius 3 is 2.70 bits per heavy atom. The standard InChI is InChI=1S/C16H10F3N3S/c1-9-6-10-2-5-14(16(17,18)19)21-15(10)22(9)11-3-4-12-13(7-11)23-8-20-12/h2-8H,1H3. The van der Waals surface area contributed by atoms with E-state index < -0.39 is 11.9 Å². The van der Waals surface area contributed by atoms with Gasteiger partial charge in [-0.2, -0.15) is 13.2 Å². The topological polar surface area (TPSA) is 30.7 Å². The third-order valence-corrected chi connectivity index (χ3v) is 4.49. The molecular formula is C16H10F3N3S. The summed E-state index contributed by atoms with van der Waals surface area (Å²) in [5, 5.41) is 0.680. The number of alkyl halides is 3. The molecule has 3 nitrogen and oxygen atoms in total. The zero-order valence-electron chi connectivity index (χ0n) is 11.9. The number of nitrogens with zero attached hydrogens (tertiary/aromatic N) is 3. The fourth-order valence-electron chi connectivity index (χ4n) is 2.67. The maximum absolute atomic E-state index is 12.9. The minimum Gasteiger partial charge on any atom is -0.299 e. The van der Waals surface area contributed by atoms with Crippen LogP contribution in [0.5, 0.6) is 0 Å². The van der Waals surface area contributed by atoms with Crippen molar-refractivity contribution in [2.75, 3.05) is 0 Å². The lowest BCUT2D eigenvalue weighted by Gasteiger charge is -2.10. The molecule has 1 aromatic carbocycles. The Morgan fingerprint density at radius 1 is 1.09 bits per heavy atom. The predicted molar refractivity (Wildman–Crippen MR) is 84.0 cm³/mol. The van der Waals surface area contributed by atoms with Gasteiger partial charge in [0.15, 0.2) is 0 Å². The molecule has 0 radical (unpaired) electrons. The maximum atomic E-state index is 12.9. The summed E-state index contributed by atoms with van der Waals surface area (Å²) < 4.78 is 41.6. The Balaban J connectivity index is 1.99. The second-order valence-electron chi connectivity index (χ2n) is 5.23. The van der Waals surface area contributed by atoms with Crippen LogP contribution in [0.25, 0.3) is 26.9 Å². The molecule has 4 rings (SSSR count). The number of thiazole rings is 1. The van der Waals surface area contributed by atoms with Crippen molar-refractivity contribution in [3.63, 3.8) is 0 Å². The summed E-state index contributed by atoms with van der Waals surface area (Å²) in [6, 6.07) is 9.93. The molecular weight excluding hydrogens is 323 g/mol. The van der Waals surface area contributed by atoms with Crippen LogP contribution in [0.15, 0.2) is 41.9 Å². The van der Waals surface area contributed by atoms with E-state index in [-0.39, 0.29) is 0 Å². The summed E-state index contributed by atoms with van der Waals surface area (Å²) in [6.45, 7) is 1.85. The van der Waals surface area contributed by atoms with Crippen LogP contribution in [0.1, 0.15) is 11.4 Å². The Bertz CT molecular complexity index is 1030. The molecule has 0 spiro atoms. The summed E-state index contributed by atoms with van der Waals surface area (Å²) in [5.41, 5.74) is 3.65. The first-order valence-electron chi connectivity index (χ1n) is 6.83. The van der Waals surface area contributed by atoms with Crippen molar-refractivity contribution in [1.82, 2.24) is 14.5 Å². The van der Waals surface area contributed by atoms with Gasteiger partial charge in [-0.25, -0.2) is 9.97 Å². The summed E-state index contributed by atoms with van der Waals surface area (Å²) in [7, 11) is 0. The highest BCUT2D eigenvalue weighted by molar-refractivity contribution is 7.16. The molecule has 7 heteroatoms. The lowest BCUT2D eigenvalue weighted by molar-refractivity contribution is -0.141. The minimum atomic E-state index is -4.46. The van der Waals surface area contributed by atoms with Gasteiger partial charge in [-0.3, -0.25) is 4.57 Å². The van der Waals surface area contributed by atoms with Crippen molar-refractivity contribution < 1.29 is 13.2 Å². The molecule has 0 atom stereocenters. The predicted octanol–water partition coefficient (Wildman–Crippen LogP) is 4.96. The SMILES string of the molecule is Cc1cc2ccc(C(F)(F)F)nc2n1-c1ccc2ncsc2c1. The Labute approximate surface area is 133 Å². The molecule has 3 heterocycles. The monoisotopic (exact) mass is 333 g/mol. The highest BCUT2D eigenvalue weighted by Crippen LogP contribution is 2.31. The number of aromatic nitrogens is 3. The minimum absolute atomic E-state index is 0.307. The fourth-order valence-corrected chi connectivity index (χ4v) is 3.38. The van der Waals surface area contributed by atoms with Crippen LogP contribution in [0, 0.1) is 6.92 Å². The molecule has 116 valence electrons. The second-order valence-corrected chi connectivity index (χ2v) is 6.12. The average molecular weight is 333 g/mol. The fraction of sp³-hybridized carbons (Fsp3) is 0.125. The number of hydrogen-bond donors (Lipinski definition) is 0. The number of halogens is 3. The van der Waals surface area contributed by atoms with Gasteiger partial charge in [0.2, 0.25) is 0 Å². The lowest BCUT2D eigenvalue weighted by atomic mass is 10.2. The van der Waals surface area contributed by atoms with Crippen molar-refractivity contribution in [3.8, 4) is 5.69 Å². The highest BCUT2D eigenvalue weighted by atomic mass is 32.1. The number of pyridine rings is 1. The van der Waals surface area contributed by atoms with Crippen molar-refractivity contribution in [2.24, 2.45) is 0 Å². The van der Waals surface area contributed by atoms with Crippen LogP contribution >= 0.6 is 11.3 Å². The van der Waals surface area contributed by atoms with Gasteiger partial charge in [-0.15, -0.1) is 11.3 Å². The van der Waals surface area contributed by atoms with Crippen LogP contribution < -0.4 is 0 Å². The highest BCUT2D eigenvalue weighted by Gasteiger charge is 2.33. The van der Waals surface area contributed by atoms with E-state index >= 15 is 0 Å². The first-order valence-corrected chi connectivity index (χ1v) is 7.71. The smallest absolute Gasteiger partial charge is 0.299 e. The summed E-state index contributed by atoms with van der Waals surface area (Å²) in [6.07, 6.45) is -4.46. The first-order chi connectivity index (χ1) is 10.9. The van der Waals surface area contributed by atoms with Crippen LogP contribution in [0.3, 0.4) is 0 Å². The summed E-state index contributed by atoms with van der Waals surface area (Å²) in [5.74, 6) is 0. The van der Waals surface area contributed by atoms with Gasteiger partial charge in [0.1, 0.15) is 11.3 Å². The van der Waals surface area contributed by atoms with Crippen LogP contribution in [0.4, 0.5) is 13.2 Å². The molecule has 0 aliphatic rings. The lowest BCUT2D eigenvalue weighted by Crippen LogP contribution is -2.08. The van der Waals surface area contributed by atoms with Crippen molar-refractivity contribution >= 4 is 32.6 Å². The molecule has 0 unspecified atom stereocenters. The summed E-state index contributed by atoms with van der Waals surface area (Å²) >= 11 is 1.49. The van der Waals surface area contributed by atoms with E-state index in [1.807, 2.05) is 31.2 Å². The van der Waals surface area contributed by atoms with E-state index in [2.05, 4.69) is 9.97 Å². The first kappa shape index (κ1) is 14.2. The molecule has 0 amide bonds. The number of rotatable bonds is 1.